The Morgan fingerprint density at radius 3 is 0.766 bits per heavy atom. The largest absolute Gasteiger partial charge is 0.437 e. The Hall–Kier alpha value is -19.5. The molecule has 0 N–H and O–H groups in total. The van der Waals surface area contributed by atoms with Crippen LogP contribution < -0.4 is 0 Å². The molecule has 0 saturated heterocycles. The quantitative estimate of drug-likeness (QED) is 0.0777. The van der Waals surface area contributed by atoms with Crippen molar-refractivity contribution in [2.45, 2.75) is 0 Å². The molecular weight excluding hydrogens is 1730 g/mol. The normalized spacial score (nSPS) is 12.0. The predicted octanol–water partition coefficient (Wildman–Crippen LogP) is 31.6. The second kappa shape index (κ2) is 31.6. The third kappa shape index (κ3) is 12.8. The summed E-state index contributed by atoms with van der Waals surface area (Å²) in [4.78, 5) is 64.4. The molecule has 10 aromatic heterocycles. The molecule has 141 heavy (non-hydrogen) atoms. The molecule has 0 atom stereocenters. The van der Waals surface area contributed by atoms with Crippen molar-refractivity contribution in [2.24, 2.45) is 0 Å². The lowest BCUT2D eigenvalue weighted by Crippen LogP contribution is -2.01. The summed E-state index contributed by atoms with van der Waals surface area (Å²) in [6.07, 6.45) is 7.32. The maximum atomic E-state index is 6.67. The molecule has 0 aliphatic carbocycles. The van der Waals surface area contributed by atoms with Gasteiger partial charge < -0.3 is 13.3 Å². The van der Waals surface area contributed by atoms with E-state index in [-0.39, 0.29) is 0 Å². The second-order valence-corrected chi connectivity index (χ2v) is 35.8. The van der Waals surface area contributed by atoms with Crippen molar-refractivity contribution in [3.63, 3.8) is 0 Å². The number of nitrogens with zero attached hydrogens (tertiary/aromatic N) is 13. The molecule has 21 aromatic carbocycles. The van der Waals surface area contributed by atoms with E-state index >= 15 is 0 Å². The topological polar surface area (TPSA) is 207 Å². The Morgan fingerprint density at radius 2 is 0.411 bits per heavy atom. The van der Waals surface area contributed by atoms with Crippen LogP contribution in [-0.2, 0) is 0 Å². The van der Waals surface area contributed by atoms with E-state index in [0.717, 1.165) is 176 Å². The highest BCUT2D eigenvalue weighted by Gasteiger charge is 2.31. The summed E-state index contributed by atoms with van der Waals surface area (Å²) in [6.45, 7) is 0. The molecule has 0 amide bonds. The molecule has 16 heteroatoms. The van der Waals surface area contributed by atoms with Crippen molar-refractivity contribution in [3.8, 4) is 147 Å². The molecule has 0 saturated carbocycles. The van der Waals surface area contributed by atoms with Crippen molar-refractivity contribution in [1.82, 2.24) is 64.8 Å². The van der Waals surface area contributed by atoms with Crippen LogP contribution in [-0.4, -0.2) is 64.8 Å². The minimum Gasteiger partial charge on any atom is -0.437 e. The number of rotatable bonds is 13. The first-order valence-electron chi connectivity index (χ1n) is 46.9. The maximum Gasteiger partial charge on any atom is 0.227 e. The van der Waals surface area contributed by atoms with Crippen LogP contribution in [0.4, 0.5) is 0 Å². The van der Waals surface area contributed by atoms with E-state index in [0.29, 0.717) is 69.6 Å². The highest BCUT2D eigenvalue weighted by molar-refractivity contribution is 6.43. The third-order valence-corrected chi connectivity index (χ3v) is 27.8. The van der Waals surface area contributed by atoms with Crippen LogP contribution in [0.1, 0.15) is 0 Å². The molecule has 0 spiro atoms. The number of hydrogen-bond donors (Lipinski definition) is 0. The van der Waals surface area contributed by atoms with Gasteiger partial charge in [-0.2, -0.15) is 0 Å². The van der Waals surface area contributed by atoms with Crippen LogP contribution in [0, 0.1) is 0 Å². The first-order chi connectivity index (χ1) is 69.9. The third-order valence-electron chi connectivity index (χ3n) is 27.8. The molecule has 10 heterocycles. The monoisotopic (exact) mass is 1800 g/mol. The lowest BCUT2D eigenvalue weighted by molar-refractivity contribution is 0.655. The summed E-state index contributed by atoms with van der Waals surface area (Å²) in [6, 6.07) is 136. The van der Waals surface area contributed by atoms with Gasteiger partial charge in [0.05, 0.1) is 38.5 Å². The summed E-state index contributed by atoms with van der Waals surface area (Å²) in [7, 11) is 0. The summed E-state index contributed by atoms with van der Waals surface area (Å²) in [5.74, 6) is 5.18. The van der Waals surface area contributed by atoms with Crippen LogP contribution in [0.5, 0.6) is 0 Å². The highest BCUT2D eigenvalue weighted by atomic mass is 16.3. The van der Waals surface area contributed by atoms with E-state index in [1.165, 1.54) is 64.6 Å². The number of fused-ring (bicyclic) bond motifs is 3. The van der Waals surface area contributed by atoms with Crippen molar-refractivity contribution < 1.29 is 13.3 Å². The Kier molecular flexibility index (Phi) is 17.7. The van der Waals surface area contributed by atoms with Gasteiger partial charge in [-0.25, -0.2) is 59.8 Å². The number of benzene rings is 21. The van der Waals surface area contributed by atoms with Gasteiger partial charge in [-0.15, -0.1) is 0 Å². The van der Waals surface area contributed by atoms with Crippen molar-refractivity contribution in [2.75, 3.05) is 0 Å². The average Bonchev–Trinajstić information content (AvgIpc) is 1.58. The predicted molar refractivity (Wildman–Crippen MR) is 568 cm³/mol. The van der Waals surface area contributed by atoms with Crippen LogP contribution in [0.15, 0.2) is 432 Å². The lowest BCUT2D eigenvalue weighted by Gasteiger charge is -2.14. The fourth-order valence-electron chi connectivity index (χ4n) is 21.3. The molecular formula is C125H69N13O3. The van der Waals surface area contributed by atoms with Gasteiger partial charge in [-0.05, 0) is 169 Å². The summed E-state index contributed by atoms with van der Waals surface area (Å²) < 4.78 is 19.9. The zero-order valence-corrected chi connectivity index (χ0v) is 74.9. The fourth-order valence-corrected chi connectivity index (χ4v) is 21.3. The van der Waals surface area contributed by atoms with Gasteiger partial charge in [0.15, 0.2) is 52.4 Å². The van der Waals surface area contributed by atoms with Gasteiger partial charge in [-0.1, -0.05) is 340 Å². The Balaban J connectivity index is 0.000000102. The van der Waals surface area contributed by atoms with Crippen molar-refractivity contribution in [1.29, 1.82) is 0 Å². The first-order valence-corrected chi connectivity index (χ1v) is 46.9. The summed E-state index contributed by atoms with van der Waals surface area (Å²) in [5.41, 5.74) is 20.6. The van der Waals surface area contributed by atoms with Crippen LogP contribution in [0.2, 0.25) is 0 Å². The minimum atomic E-state index is 0.535. The molecule has 31 rings (SSSR count). The molecule has 0 aliphatic rings. The average molecular weight is 1800 g/mol. The van der Waals surface area contributed by atoms with E-state index in [2.05, 4.69) is 295 Å². The van der Waals surface area contributed by atoms with Gasteiger partial charge in [0.25, 0.3) is 0 Å². The zero-order valence-electron chi connectivity index (χ0n) is 74.9. The fraction of sp³-hybridized carbons (Fsp3) is 0. The van der Waals surface area contributed by atoms with Crippen molar-refractivity contribution in [3.05, 3.63) is 419 Å². The molecule has 0 bridgehead atoms. The van der Waals surface area contributed by atoms with E-state index in [9.17, 15) is 0 Å². The molecule has 652 valence electrons. The minimum absolute atomic E-state index is 0.535. The van der Waals surface area contributed by atoms with E-state index in [4.69, 9.17) is 68.1 Å². The molecule has 31 aromatic rings. The van der Waals surface area contributed by atoms with Crippen molar-refractivity contribution >= 4 is 163 Å². The van der Waals surface area contributed by atoms with Crippen LogP contribution in [0.25, 0.3) is 310 Å². The Bertz CT molecular complexity index is 10200. The van der Waals surface area contributed by atoms with Crippen LogP contribution >= 0.6 is 0 Å². The number of furan rings is 3. The number of pyridine rings is 4. The van der Waals surface area contributed by atoms with E-state index in [1.54, 1.807) is 0 Å². The lowest BCUT2D eigenvalue weighted by atomic mass is 9.89. The number of hydrogen-bond acceptors (Lipinski definition) is 16. The van der Waals surface area contributed by atoms with Gasteiger partial charge in [0.2, 0.25) is 17.1 Å². The van der Waals surface area contributed by atoms with E-state index < -0.39 is 0 Å². The SMILES string of the molecule is c1ccc(-c2ccc(-c3nc(-c4ccc(-c5ccccc5)cc4)nc(-c4cc5ccc6cccc7c8ccnc9oc4c(c98)c5c67)n3)cc2)cc1.c1ccc(-c2ccc(-c3nc(-c4ccccc4)nc(-c4cc5ccc6cccc7c8ccnc9oc4c(c98)c5c67)n3)cn2)cc1.c1ccc(-c2cccc(-c3nc(-c4ccccc4)nc(-c4cc5ccc6cccc7c8ccnc9oc4c(c98)c5c67)n3)c2)cc1. The smallest absolute Gasteiger partial charge is 0.227 e. The summed E-state index contributed by atoms with van der Waals surface area (Å²) >= 11 is 0. The van der Waals surface area contributed by atoms with Gasteiger partial charge in [-0.3, -0.25) is 4.98 Å². The molecule has 16 nitrogen and oxygen atoms in total. The zero-order chi connectivity index (χ0) is 92.4. The molecule has 0 aliphatic heterocycles. The Morgan fingerprint density at radius 1 is 0.149 bits per heavy atom. The summed E-state index contributed by atoms with van der Waals surface area (Å²) in [5, 5.41) is 27.5. The Labute approximate surface area is 802 Å². The highest BCUT2D eigenvalue weighted by Crippen LogP contribution is 2.54. The first kappa shape index (κ1) is 79.0. The standard InChI is InChI=1S/C46H26N4O.C40H22N4O.C39H21N5O/c1-3-8-27(9-4-1)29-14-19-32(20-15-29)43-48-44(33-21-16-30(17-22-33)28-10-5-2-6-11-28)50-45(49-43)37-26-34-23-18-31-12-7-13-35-36-24-25-47-46-40(36)41(42(37)51-46)39(34)38(31)35;1-3-9-23(10-4-1)26-14-7-15-28(21-26)38-42-37(25-11-5-2-6-12-25)43-39(44-38)31-22-27-18-17-24-13-8-16-29-30-19-20-41-40-34(30)35(36(31)45-40)33(27)32(24)29;1-3-8-22(9-4-1)30-17-16-26(21-41-30)37-42-36(24-10-5-2-6-11-24)43-38(44-37)29-20-25-15-14-23-12-7-13-27-28-18-19-40-39-33(28)34(35(29)45-39)32(25)31(23)27/h1-26H;1-22H;1-21H. The molecule has 0 fully saturated rings. The van der Waals surface area contributed by atoms with Crippen LogP contribution in [0.3, 0.4) is 0 Å². The van der Waals surface area contributed by atoms with Gasteiger partial charge in [0.1, 0.15) is 16.7 Å². The number of aromatic nitrogens is 13. The van der Waals surface area contributed by atoms with Gasteiger partial charge in [0, 0.05) is 96.0 Å². The molecule has 0 radical (unpaired) electrons. The second-order valence-electron chi connectivity index (χ2n) is 35.8. The molecule has 0 unspecified atom stereocenters. The van der Waals surface area contributed by atoms with Gasteiger partial charge >= 0.3 is 0 Å². The maximum absolute atomic E-state index is 6.67. The van der Waals surface area contributed by atoms with E-state index in [1.807, 2.05) is 134 Å².